The first-order chi connectivity index (χ1) is 4.33. The van der Waals surface area contributed by atoms with Crippen LogP contribution in [0.25, 0.3) is 0 Å². The first kappa shape index (κ1) is 9.45. The number of hydrogen-bond acceptors (Lipinski definition) is 1. The molecular formula is C8H13OP. The van der Waals surface area contributed by atoms with Gasteiger partial charge in [-0.25, -0.2) is 0 Å². The fourth-order valence-electron chi connectivity index (χ4n) is 0.694. The van der Waals surface area contributed by atoms with Crippen molar-refractivity contribution in [2.75, 3.05) is 6.66 Å². The van der Waals surface area contributed by atoms with Crippen molar-refractivity contribution in [1.82, 2.24) is 0 Å². The van der Waals surface area contributed by atoms with Crippen LogP contribution in [0.1, 0.15) is 7.43 Å². The van der Waals surface area contributed by atoms with Gasteiger partial charge in [0.25, 0.3) is 0 Å². The summed E-state index contributed by atoms with van der Waals surface area (Å²) >= 11 is 0. The minimum atomic E-state index is 0. The van der Waals surface area contributed by atoms with E-state index in [0.29, 0.717) is 8.58 Å². The highest BCUT2D eigenvalue weighted by Gasteiger charge is 1.89. The van der Waals surface area contributed by atoms with Crippen molar-refractivity contribution < 1.29 is 5.11 Å². The third-order valence-electron chi connectivity index (χ3n) is 1.19. The van der Waals surface area contributed by atoms with Gasteiger partial charge in [0.15, 0.2) is 0 Å². The van der Waals surface area contributed by atoms with Crippen molar-refractivity contribution in [3.63, 3.8) is 0 Å². The summed E-state index contributed by atoms with van der Waals surface area (Å²) in [6.45, 7) is 2.12. The van der Waals surface area contributed by atoms with E-state index >= 15 is 0 Å². The van der Waals surface area contributed by atoms with Crippen LogP contribution in [0.2, 0.25) is 0 Å². The summed E-state index contributed by atoms with van der Waals surface area (Å²) < 4.78 is 0. The standard InChI is InChI=1S/C7H9OP.CH4/c1-9-7-4-2-3-6(8)5-7;/h2-5,8-9H,1H3;1H4. The summed E-state index contributed by atoms with van der Waals surface area (Å²) in [5, 5.41) is 11.9. The average molecular weight is 156 g/mol. The second-order valence-electron chi connectivity index (χ2n) is 1.86. The zero-order chi connectivity index (χ0) is 6.69. The number of rotatable bonds is 1. The molecule has 1 atom stereocenters. The Hall–Kier alpha value is -0.550. The van der Waals surface area contributed by atoms with Gasteiger partial charge in [-0.1, -0.05) is 19.6 Å². The summed E-state index contributed by atoms with van der Waals surface area (Å²) in [6, 6.07) is 7.10. The third-order valence-corrected chi connectivity index (χ3v) is 2.22. The molecular weight excluding hydrogens is 143 g/mol. The predicted molar refractivity (Wildman–Crippen MR) is 47.9 cm³/mol. The predicted octanol–water partition coefficient (Wildman–Crippen LogP) is 1.06. The van der Waals surface area contributed by atoms with E-state index in [-0.39, 0.29) is 13.2 Å². The molecule has 0 amide bonds. The topological polar surface area (TPSA) is 23.1 Å². The molecule has 1 unspecified atom stereocenters. The summed E-state index contributed by atoms with van der Waals surface area (Å²) in [4.78, 5) is 0. The van der Waals surface area contributed by atoms with Crippen molar-refractivity contribution in [2.45, 2.75) is 7.43 Å². The van der Waals surface area contributed by atoms with Crippen LogP contribution >= 0.6 is 8.58 Å². The molecule has 0 bridgehead atoms. The maximum absolute atomic E-state index is 10.7. The van der Waals surface area contributed by atoms with Crippen molar-refractivity contribution >= 4 is 13.9 Å². The first-order valence-corrected chi connectivity index (χ1v) is 4.62. The molecule has 2 heteroatoms. The van der Waals surface area contributed by atoms with Crippen molar-refractivity contribution in [3.8, 4) is 5.75 Å². The molecule has 0 radical (unpaired) electrons. The Morgan fingerprint density at radius 1 is 1.40 bits per heavy atom. The number of benzene rings is 1. The molecule has 0 aliphatic heterocycles. The molecule has 0 aliphatic carbocycles. The fraction of sp³-hybridized carbons (Fsp3) is 0.250. The lowest BCUT2D eigenvalue weighted by Crippen LogP contribution is -1.96. The highest BCUT2D eigenvalue weighted by Crippen LogP contribution is 2.07. The van der Waals surface area contributed by atoms with E-state index in [1.807, 2.05) is 12.1 Å². The third kappa shape index (κ3) is 2.36. The Balaban J connectivity index is 0.000000810. The van der Waals surface area contributed by atoms with Gasteiger partial charge in [-0.15, -0.1) is 5.75 Å². The van der Waals surface area contributed by atoms with Gasteiger partial charge in [0.1, 0.15) is 0 Å². The van der Waals surface area contributed by atoms with Crippen molar-refractivity contribution in [3.05, 3.63) is 24.3 Å². The lowest BCUT2D eigenvalue weighted by molar-refractivity contribution is -0.268. The minimum Gasteiger partial charge on any atom is -0.872 e. The van der Waals surface area contributed by atoms with E-state index in [4.69, 9.17) is 0 Å². The maximum atomic E-state index is 10.7. The molecule has 1 rings (SSSR count). The highest BCUT2D eigenvalue weighted by molar-refractivity contribution is 7.46. The summed E-state index contributed by atoms with van der Waals surface area (Å²) in [7, 11) is 0.298. The van der Waals surface area contributed by atoms with E-state index in [0.717, 1.165) is 0 Å². The minimum absolute atomic E-state index is 0. The van der Waals surface area contributed by atoms with E-state index in [2.05, 4.69) is 6.66 Å². The molecule has 1 aromatic carbocycles. The molecule has 0 aromatic heterocycles. The summed E-state index contributed by atoms with van der Waals surface area (Å²) in [6.07, 6.45) is 0. The van der Waals surface area contributed by atoms with Gasteiger partial charge in [0.05, 0.1) is 5.30 Å². The second kappa shape index (κ2) is 4.29. The Kier molecular flexibility index (Phi) is 4.06. The Bertz CT molecular complexity index is 198. The van der Waals surface area contributed by atoms with Gasteiger partial charge < -0.3 is 5.11 Å². The van der Waals surface area contributed by atoms with Crippen LogP contribution in [0, 0.1) is 0 Å². The summed E-state index contributed by atoms with van der Waals surface area (Å²) in [5.74, 6) is 0.127. The molecule has 1 aromatic rings. The molecule has 0 aliphatic rings. The molecule has 0 saturated heterocycles. The molecule has 0 N–H and O–H groups in total. The quantitative estimate of drug-likeness (QED) is 0.557. The summed E-state index contributed by atoms with van der Waals surface area (Å²) in [5.41, 5.74) is 0. The van der Waals surface area contributed by atoms with Crippen molar-refractivity contribution in [2.24, 2.45) is 0 Å². The van der Waals surface area contributed by atoms with Crippen LogP contribution in [-0.4, -0.2) is 6.66 Å². The van der Waals surface area contributed by atoms with Gasteiger partial charge in [-0.2, -0.15) is 0 Å². The highest BCUT2D eigenvalue weighted by atomic mass is 31.1. The van der Waals surface area contributed by atoms with E-state index in [1.165, 1.54) is 5.30 Å². The fourth-order valence-corrected chi connectivity index (χ4v) is 1.33. The van der Waals surface area contributed by atoms with Crippen LogP contribution in [0.4, 0.5) is 0 Å². The van der Waals surface area contributed by atoms with Gasteiger partial charge in [0.2, 0.25) is 0 Å². The zero-order valence-electron chi connectivity index (χ0n) is 5.29. The molecule has 1 nitrogen and oxygen atoms in total. The molecule has 0 fully saturated rings. The average Bonchev–Trinajstić information content (AvgIpc) is 1.88. The van der Waals surface area contributed by atoms with E-state index in [1.54, 1.807) is 12.1 Å². The van der Waals surface area contributed by atoms with Gasteiger partial charge in [0, 0.05) is 15.2 Å². The monoisotopic (exact) mass is 156 g/mol. The molecule has 0 saturated carbocycles. The Morgan fingerprint density at radius 2 is 2.10 bits per heavy atom. The number of hydrogen-bond donors (Lipinski definition) is 0. The molecule has 56 valence electrons. The Labute approximate surface area is 63.9 Å². The lowest BCUT2D eigenvalue weighted by Gasteiger charge is -2.01. The van der Waals surface area contributed by atoms with Gasteiger partial charge in [-0.05, 0) is 12.1 Å². The van der Waals surface area contributed by atoms with Gasteiger partial charge in [-0.3, -0.25) is 0 Å². The van der Waals surface area contributed by atoms with Crippen LogP contribution in [-0.2, 0) is 0 Å². The normalized spacial score (nSPS) is 9.70. The van der Waals surface area contributed by atoms with Crippen LogP contribution in [0.5, 0.6) is 5.75 Å². The van der Waals surface area contributed by atoms with Crippen LogP contribution < -0.4 is 10.4 Å². The largest absolute Gasteiger partial charge is 0.872 e. The zero-order valence-corrected chi connectivity index (χ0v) is 6.45. The second-order valence-corrected chi connectivity index (χ2v) is 3.11. The molecule has 0 heterocycles. The van der Waals surface area contributed by atoms with Crippen molar-refractivity contribution in [1.29, 1.82) is 0 Å². The Morgan fingerprint density at radius 3 is 2.50 bits per heavy atom. The SMILES string of the molecule is C.C[PH2+]c1cccc([O-])c1. The van der Waals surface area contributed by atoms with Crippen LogP contribution in [0.3, 0.4) is 0 Å². The van der Waals surface area contributed by atoms with E-state index < -0.39 is 0 Å². The molecule has 10 heavy (non-hydrogen) atoms. The maximum Gasteiger partial charge on any atom is 0.0880 e. The lowest BCUT2D eigenvalue weighted by atomic mass is 10.3. The first-order valence-electron chi connectivity index (χ1n) is 2.89. The molecule has 0 spiro atoms. The van der Waals surface area contributed by atoms with Crippen LogP contribution in [0.15, 0.2) is 24.3 Å². The van der Waals surface area contributed by atoms with Gasteiger partial charge >= 0.3 is 0 Å². The van der Waals surface area contributed by atoms with E-state index in [9.17, 15) is 5.11 Å². The smallest absolute Gasteiger partial charge is 0.0880 e.